The number of carbonyl (C=O) groups excluding carboxylic acids is 1. The fraction of sp³-hybridized carbons (Fsp3) is 0.0741. The number of rotatable bonds is 5. The van der Waals surface area contributed by atoms with Crippen LogP contribution in [0.1, 0.15) is 32.6 Å². The van der Waals surface area contributed by atoms with Gasteiger partial charge < -0.3 is 15.1 Å². The van der Waals surface area contributed by atoms with Crippen molar-refractivity contribution in [1.82, 2.24) is 10.6 Å². The molecule has 1 atom stereocenters. The van der Waals surface area contributed by atoms with Crippen molar-refractivity contribution in [3.63, 3.8) is 0 Å². The van der Waals surface area contributed by atoms with Gasteiger partial charge in [0.05, 0.1) is 5.70 Å². The van der Waals surface area contributed by atoms with E-state index in [4.69, 9.17) is 16.0 Å². The highest BCUT2D eigenvalue weighted by atomic mass is 35.5. The molecule has 1 amide bonds. The third kappa shape index (κ3) is 5.01. The predicted octanol–water partition coefficient (Wildman–Crippen LogP) is 7.71. The number of furan rings is 1. The van der Waals surface area contributed by atoms with Gasteiger partial charge in [-0.25, -0.2) is 0 Å². The lowest BCUT2D eigenvalue weighted by Crippen LogP contribution is -2.24. The number of carbonyl (C=O) groups is 1. The maximum atomic E-state index is 13.8. The first-order valence-electron chi connectivity index (χ1n) is 10.9. The third-order valence-corrected chi connectivity index (χ3v) is 6.92. The fourth-order valence-electron chi connectivity index (χ4n) is 3.78. The predicted molar refractivity (Wildman–Crippen MR) is 135 cm³/mol. The first-order chi connectivity index (χ1) is 17.3. The van der Waals surface area contributed by atoms with Crippen LogP contribution in [0.4, 0.5) is 13.2 Å². The second-order valence-corrected chi connectivity index (χ2v) is 9.49. The molecule has 1 aliphatic heterocycles. The van der Waals surface area contributed by atoms with Crippen molar-refractivity contribution < 1.29 is 22.4 Å². The average Bonchev–Trinajstić information content (AvgIpc) is 3.51. The molecule has 0 bridgehead atoms. The lowest BCUT2D eigenvalue weighted by Gasteiger charge is -2.12. The van der Waals surface area contributed by atoms with E-state index >= 15 is 0 Å². The number of thioether (sulfide) groups is 1. The summed E-state index contributed by atoms with van der Waals surface area (Å²) in [7, 11) is 0. The van der Waals surface area contributed by atoms with Gasteiger partial charge in [0.25, 0.3) is 5.91 Å². The smallest absolute Gasteiger partial charge is 0.420 e. The van der Waals surface area contributed by atoms with Gasteiger partial charge in [-0.3, -0.25) is 4.79 Å². The zero-order valence-corrected chi connectivity index (χ0v) is 20.0. The molecule has 4 nitrogen and oxygen atoms in total. The van der Waals surface area contributed by atoms with E-state index < -0.39 is 23.4 Å². The molecule has 1 unspecified atom stereocenters. The molecule has 0 spiro atoms. The molecule has 0 aliphatic carbocycles. The molecule has 0 saturated carbocycles. The molecule has 1 aromatic heterocycles. The van der Waals surface area contributed by atoms with E-state index in [0.29, 0.717) is 21.3 Å². The van der Waals surface area contributed by atoms with Crippen molar-refractivity contribution in [2.45, 2.75) is 11.6 Å². The summed E-state index contributed by atoms with van der Waals surface area (Å²) in [4.78, 5) is 13.2. The Balaban J connectivity index is 1.50. The molecule has 4 aromatic rings. The van der Waals surface area contributed by atoms with Gasteiger partial charge in [-0.15, -0.1) is 0 Å². The summed E-state index contributed by atoms with van der Waals surface area (Å²) in [5, 5.41) is 6.62. The number of amides is 1. The molecule has 0 saturated heterocycles. The number of halogens is 4. The minimum Gasteiger partial charge on any atom is -0.450 e. The van der Waals surface area contributed by atoms with Gasteiger partial charge in [-0.2, -0.15) is 13.2 Å². The Morgan fingerprint density at radius 2 is 1.56 bits per heavy atom. The summed E-state index contributed by atoms with van der Waals surface area (Å²) in [5.74, 6) is -1.88. The first-order valence-corrected chi connectivity index (χ1v) is 12.1. The van der Waals surface area contributed by atoms with E-state index in [-0.39, 0.29) is 11.1 Å². The van der Waals surface area contributed by atoms with Gasteiger partial charge >= 0.3 is 6.18 Å². The van der Waals surface area contributed by atoms with Crippen LogP contribution in [0.25, 0.3) is 17.0 Å². The zero-order valence-electron chi connectivity index (χ0n) is 18.5. The minimum absolute atomic E-state index is 0.0826. The SMILES string of the molecule is O=C(NC1=C(c2ccccc2)NC(c2ccccc2)S1)c1oc(-c2ccc(Cl)cc2)cc1C(F)(F)F. The van der Waals surface area contributed by atoms with Crippen molar-refractivity contribution in [2.75, 3.05) is 0 Å². The Morgan fingerprint density at radius 3 is 2.19 bits per heavy atom. The van der Waals surface area contributed by atoms with Gasteiger partial charge in [-0.1, -0.05) is 84.0 Å². The van der Waals surface area contributed by atoms with Gasteiger partial charge in [-0.05, 0) is 35.9 Å². The molecule has 36 heavy (non-hydrogen) atoms. The number of hydrogen-bond acceptors (Lipinski definition) is 4. The van der Waals surface area contributed by atoms with Crippen LogP contribution in [0.15, 0.2) is 100 Å². The largest absolute Gasteiger partial charge is 0.450 e. The van der Waals surface area contributed by atoms with Gasteiger partial charge in [0.15, 0.2) is 0 Å². The molecule has 0 radical (unpaired) electrons. The lowest BCUT2D eigenvalue weighted by molar-refractivity contribution is -0.138. The van der Waals surface area contributed by atoms with Crippen LogP contribution in [0.2, 0.25) is 5.02 Å². The average molecular weight is 527 g/mol. The Morgan fingerprint density at radius 1 is 0.917 bits per heavy atom. The number of alkyl halides is 3. The summed E-state index contributed by atoms with van der Waals surface area (Å²) < 4.78 is 47.0. The van der Waals surface area contributed by atoms with Crippen LogP contribution in [-0.2, 0) is 6.18 Å². The minimum atomic E-state index is -4.79. The van der Waals surface area contributed by atoms with Gasteiger partial charge in [0, 0.05) is 16.1 Å². The van der Waals surface area contributed by atoms with Crippen molar-refractivity contribution >= 4 is 35.0 Å². The zero-order chi connectivity index (χ0) is 25.3. The summed E-state index contributed by atoms with van der Waals surface area (Å²) >= 11 is 7.19. The summed E-state index contributed by atoms with van der Waals surface area (Å²) in [5.41, 5.74) is 1.58. The summed E-state index contributed by atoms with van der Waals surface area (Å²) in [6.45, 7) is 0. The van der Waals surface area contributed by atoms with Crippen molar-refractivity contribution in [1.29, 1.82) is 0 Å². The van der Waals surface area contributed by atoms with E-state index in [1.54, 1.807) is 0 Å². The molecular formula is C27H18ClF3N2O2S. The molecule has 182 valence electrons. The van der Waals surface area contributed by atoms with E-state index in [9.17, 15) is 18.0 Å². The normalized spacial score (nSPS) is 15.6. The molecule has 2 N–H and O–H groups in total. The second kappa shape index (κ2) is 9.79. The molecule has 9 heteroatoms. The molecule has 2 heterocycles. The van der Waals surface area contributed by atoms with Crippen molar-refractivity contribution in [3.05, 3.63) is 123 Å². The first kappa shape index (κ1) is 24.1. The highest BCUT2D eigenvalue weighted by molar-refractivity contribution is 8.03. The lowest BCUT2D eigenvalue weighted by atomic mass is 10.1. The Bertz CT molecular complexity index is 1420. The standard InChI is InChI=1S/C27H18ClF3N2O2S/c28-19-13-11-16(12-14-19)21-15-20(27(29,30)31)23(35-21)24(34)33-26-22(17-7-3-1-4-8-17)32-25(36-26)18-9-5-2-6-10-18/h1-15,25,32H,(H,33,34). The Labute approximate surface area is 214 Å². The van der Waals surface area contributed by atoms with Crippen LogP contribution in [0.5, 0.6) is 0 Å². The highest BCUT2D eigenvalue weighted by Crippen LogP contribution is 2.43. The number of benzene rings is 3. The van der Waals surface area contributed by atoms with E-state index in [2.05, 4.69) is 10.6 Å². The van der Waals surface area contributed by atoms with Crippen molar-refractivity contribution in [2.24, 2.45) is 0 Å². The third-order valence-electron chi connectivity index (χ3n) is 5.50. The van der Waals surface area contributed by atoms with Crippen LogP contribution in [-0.4, -0.2) is 5.91 Å². The van der Waals surface area contributed by atoms with Crippen LogP contribution in [0, 0.1) is 0 Å². The maximum absolute atomic E-state index is 13.8. The fourth-order valence-corrected chi connectivity index (χ4v) is 5.06. The highest BCUT2D eigenvalue weighted by Gasteiger charge is 2.40. The van der Waals surface area contributed by atoms with Crippen LogP contribution < -0.4 is 10.6 Å². The molecule has 3 aromatic carbocycles. The number of nitrogens with one attached hydrogen (secondary N) is 2. The van der Waals surface area contributed by atoms with Crippen LogP contribution >= 0.6 is 23.4 Å². The van der Waals surface area contributed by atoms with E-state index in [0.717, 1.165) is 17.2 Å². The monoisotopic (exact) mass is 526 g/mol. The van der Waals surface area contributed by atoms with E-state index in [1.165, 1.54) is 36.0 Å². The Hall–Kier alpha value is -3.62. The van der Waals surface area contributed by atoms with Gasteiger partial charge in [0.2, 0.25) is 5.76 Å². The number of hydrogen-bond donors (Lipinski definition) is 2. The molecular weight excluding hydrogens is 509 g/mol. The molecule has 1 aliphatic rings. The van der Waals surface area contributed by atoms with Gasteiger partial charge in [0.1, 0.15) is 21.7 Å². The Kier molecular flexibility index (Phi) is 6.55. The maximum Gasteiger partial charge on any atom is 0.420 e. The van der Waals surface area contributed by atoms with E-state index in [1.807, 2.05) is 60.7 Å². The molecule has 0 fully saturated rings. The topological polar surface area (TPSA) is 54.3 Å². The molecule has 5 rings (SSSR count). The quantitative estimate of drug-likeness (QED) is 0.279. The van der Waals surface area contributed by atoms with Crippen LogP contribution in [0.3, 0.4) is 0 Å². The second-order valence-electron chi connectivity index (χ2n) is 7.94. The van der Waals surface area contributed by atoms with Crippen molar-refractivity contribution in [3.8, 4) is 11.3 Å². The summed E-state index contributed by atoms with van der Waals surface area (Å²) in [6.07, 6.45) is -4.79. The summed E-state index contributed by atoms with van der Waals surface area (Å²) in [6, 6.07) is 25.8.